The maximum atomic E-state index is 12.4. The number of likely N-dealkylation sites (tertiary alicyclic amines) is 1. The molecule has 1 spiro atoms. The van der Waals surface area contributed by atoms with Crippen LogP contribution in [0, 0.1) is 17.3 Å². The fraction of sp³-hybridized carbons (Fsp3) is 0.571. The summed E-state index contributed by atoms with van der Waals surface area (Å²) in [6, 6.07) is 3.60. The molecule has 142 valence electrons. The van der Waals surface area contributed by atoms with E-state index in [1.807, 2.05) is 6.07 Å². The van der Waals surface area contributed by atoms with Crippen LogP contribution in [0.3, 0.4) is 0 Å². The van der Waals surface area contributed by atoms with Gasteiger partial charge in [0.2, 0.25) is 5.91 Å². The molecule has 2 saturated carbocycles. The first-order valence-corrected chi connectivity index (χ1v) is 10.0. The lowest BCUT2D eigenvalue weighted by molar-refractivity contribution is -0.133. The van der Waals surface area contributed by atoms with E-state index in [1.165, 1.54) is 12.8 Å². The molecule has 6 heteroatoms. The molecule has 1 N–H and O–H groups in total. The molecule has 27 heavy (non-hydrogen) atoms. The average molecular weight is 367 g/mol. The van der Waals surface area contributed by atoms with Gasteiger partial charge >= 0.3 is 0 Å². The van der Waals surface area contributed by atoms with Crippen molar-refractivity contribution in [3.8, 4) is 0 Å². The fourth-order valence-electron chi connectivity index (χ4n) is 4.53. The highest BCUT2D eigenvalue weighted by Crippen LogP contribution is 2.59. The van der Waals surface area contributed by atoms with E-state index in [0.29, 0.717) is 41.0 Å². The number of pyridine rings is 1. The van der Waals surface area contributed by atoms with Crippen LogP contribution in [-0.2, 0) is 4.79 Å². The predicted octanol–water partition coefficient (Wildman–Crippen LogP) is 2.99. The summed E-state index contributed by atoms with van der Waals surface area (Å²) in [4.78, 5) is 30.7. The highest BCUT2D eigenvalue weighted by molar-refractivity contribution is 5.95. The van der Waals surface area contributed by atoms with E-state index in [4.69, 9.17) is 4.42 Å². The third-order valence-corrected chi connectivity index (χ3v) is 6.69. The van der Waals surface area contributed by atoms with E-state index < -0.39 is 0 Å². The number of carbonyl (C=O) groups excluding carboxylic acids is 2. The highest BCUT2D eigenvalue weighted by atomic mass is 16.3. The van der Waals surface area contributed by atoms with Crippen LogP contribution in [0.1, 0.15) is 49.1 Å². The van der Waals surface area contributed by atoms with Gasteiger partial charge in [-0.3, -0.25) is 14.6 Å². The van der Waals surface area contributed by atoms with Crippen LogP contribution in [0.2, 0.25) is 0 Å². The molecule has 0 bridgehead atoms. The van der Waals surface area contributed by atoms with Crippen LogP contribution in [0.25, 0.3) is 11.0 Å². The van der Waals surface area contributed by atoms with Crippen molar-refractivity contribution in [1.82, 2.24) is 15.2 Å². The number of aromatic nitrogens is 1. The first-order chi connectivity index (χ1) is 13.1. The number of rotatable bonds is 5. The first-order valence-electron chi connectivity index (χ1n) is 10.0. The number of piperidine rings is 1. The van der Waals surface area contributed by atoms with Crippen molar-refractivity contribution in [3.63, 3.8) is 0 Å². The Bertz CT molecular complexity index is 845. The van der Waals surface area contributed by atoms with Gasteiger partial charge in [0.25, 0.3) is 5.91 Å². The Morgan fingerprint density at radius 3 is 2.85 bits per heavy atom. The molecule has 0 radical (unpaired) electrons. The van der Waals surface area contributed by atoms with Gasteiger partial charge in [-0.1, -0.05) is 0 Å². The summed E-state index contributed by atoms with van der Waals surface area (Å²) in [5, 5.41) is 3.92. The molecule has 2 amide bonds. The normalized spacial score (nSPS) is 23.6. The molecule has 3 fully saturated rings. The maximum Gasteiger partial charge on any atom is 0.287 e. The second-order valence-electron chi connectivity index (χ2n) is 8.53. The number of hydrogen-bond donors (Lipinski definition) is 1. The zero-order chi connectivity index (χ0) is 18.4. The Morgan fingerprint density at radius 1 is 1.30 bits per heavy atom. The zero-order valence-corrected chi connectivity index (χ0v) is 15.4. The summed E-state index contributed by atoms with van der Waals surface area (Å²) < 4.78 is 5.58. The van der Waals surface area contributed by atoms with Gasteiger partial charge in [0.15, 0.2) is 11.3 Å². The number of hydrogen-bond acceptors (Lipinski definition) is 4. The Morgan fingerprint density at radius 2 is 2.11 bits per heavy atom. The largest absolute Gasteiger partial charge is 0.449 e. The molecule has 2 aromatic heterocycles. The Kier molecular flexibility index (Phi) is 3.95. The van der Waals surface area contributed by atoms with E-state index in [2.05, 4.69) is 15.2 Å². The second kappa shape index (κ2) is 6.36. The topological polar surface area (TPSA) is 75.4 Å². The van der Waals surface area contributed by atoms with Crippen molar-refractivity contribution in [1.29, 1.82) is 0 Å². The molecule has 1 atom stereocenters. The number of nitrogens with zero attached hydrogens (tertiary/aromatic N) is 2. The van der Waals surface area contributed by atoms with Crippen LogP contribution >= 0.6 is 0 Å². The van der Waals surface area contributed by atoms with Gasteiger partial charge in [-0.25, -0.2) is 0 Å². The fourth-order valence-corrected chi connectivity index (χ4v) is 4.53. The molecule has 0 aromatic carbocycles. The third-order valence-electron chi connectivity index (χ3n) is 6.69. The highest BCUT2D eigenvalue weighted by Gasteiger charge is 2.54. The summed E-state index contributed by atoms with van der Waals surface area (Å²) >= 11 is 0. The van der Waals surface area contributed by atoms with Crippen molar-refractivity contribution in [2.45, 2.75) is 38.5 Å². The minimum absolute atomic E-state index is 0.162. The van der Waals surface area contributed by atoms with Gasteiger partial charge in [0, 0.05) is 37.6 Å². The van der Waals surface area contributed by atoms with Crippen LogP contribution in [0.5, 0.6) is 0 Å². The van der Waals surface area contributed by atoms with Crippen molar-refractivity contribution >= 4 is 22.8 Å². The molecule has 2 aliphatic carbocycles. The van der Waals surface area contributed by atoms with Crippen LogP contribution in [0.15, 0.2) is 28.9 Å². The van der Waals surface area contributed by atoms with E-state index in [9.17, 15) is 9.59 Å². The second-order valence-corrected chi connectivity index (χ2v) is 8.53. The monoisotopic (exact) mass is 367 g/mol. The quantitative estimate of drug-likeness (QED) is 0.881. The zero-order valence-electron chi connectivity index (χ0n) is 15.4. The number of furan rings is 1. The van der Waals surface area contributed by atoms with Crippen LogP contribution in [-0.4, -0.2) is 41.3 Å². The molecule has 3 aliphatic rings. The van der Waals surface area contributed by atoms with Gasteiger partial charge in [0.1, 0.15) is 0 Å². The number of carbonyl (C=O) groups is 2. The minimum atomic E-state index is -0.162. The molecular weight excluding hydrogens is 342 g/mol. The predicted molar refractivity (Wildman–Crippen MR) is 100 cm³/mol. The number of nitrogens with one attached hydrogen (secondary N) is 1. The van der Waals surface area contributed by atoms with Crippen molar-refractivity contribution in [3.05, 3.63) is 30.3 Å². The van der Waals surface area contributed by atoms with Gasteiger partial charge in [-0.2, -0.15) is 0 Å². The first kappa shape index (κ1) is 16.8. The summed E-state index contributed by atoms with van der Waals surface area (Å²) in [5.41, 5.74) is 0.968. The maximum absolute atomic E-state index is 12.4. The third kappa shape index (κ3) is 3.33. The smallest absolute Gasteiger partial charge is 0.287 e. The molecule has 3 heterocycles. The molecular formula is C21H25N3O3. The number of fused-ring (bicyclic) bond motifs is 1. The summed E-state index contributed by atoms with van der Waals surface area (Å²) in [6.45, 7) is 2.45. The molecule has 1 saturated heterocycles. The molecule has 2 aromatic rings. The van der Waals surface area contributed by atoms with Crippen molar-refractivity contribution < 1.29 is 14.0 Å². The molecule has 1 aliphatic heterocycles. The molecule has 5 rings (SSSR count). The van der Waals surface area contributed by atoms with E-state index in [-0.39, 0.29) is 5.91 Å². The summed E-state index contributed by atoms with van der Waals surface area (Å²) in [7, 11) is 0. The van der Waals surface area contributed by atoms with Gasteiger partial charge < -0.3 is 14.6 Å². The Balaban J connectivity index is 1.11. The van der Waals surface area contributed by atoms with Crippen LogP contribution in [0.4, 0.5) is 0 Å². The van der Waals surface area contributed by atoms with Gasteiger partial charge in [-0.05, 0) is 61.5 Å². The van der Waals surface area contributed by atoms with E-state index in [1.54, 1.807) is 18.5 Å². The van der Waals surface area contributed by atoms with E-state index in [0.717, 1.165) is 44.2 Å². The lowest BCUT2D eigenvalue weighted by Gasteiger charge is -2.33. The van der Waals surface area contributed by atoms with Gasteiger partial charge in [-0.15, -0.1) is 0 Å². The minimum Gasteiger partial charge on any atom is -0.449 e. The van der Waals surface area contributed by atoms with Crippen LogP contribution < -0.4 is 5.32 Å². The Labute approximate surface area is 158 Å². The lowest BCUT2D eigenvalue weighted by Crippen LogP contribution is -2.40. The molecule has 1 unspecified atom stereocenters. The lowest BCUT2D eigenvalue weighted by atomic mass is 9.90. The summed E-state index contributed by atoms with van der Waals surface area (Å²) in [6.07, 6.45) is 9.82. The Hall–Kier alpha value is -2.37. The van der Waals surface area contributed by atoms with Crippen molar-refractivity contribution in [2.75, 3.05) is 19.6 Å². The van der Waals surface area contributed by atoms with E-state index >= 15 is 0 Å². The molecule has 6 nitrogen and oxygen atoms in total. The average Bonchev–Trinajstić information content (AvgIpc) is 3.57. The van der Waals surface area contributed by atoms with Gasteiger partial charge in [0.05, 0.1) is 6.20 Å². The standard InChI is InChI=1S/C21H25N3O3/c25-19(9-14-1-2-14)24-7-4-21(5-8-24)11-16(21)12-23-20(26)17-10-15-3-6-22-13-18(15)27-17/h3,6,10,13-14,16H,1-2,4-5,7-9,11-12H2,(H,23,26). The summed E-state index contributed by atoms with van der Waals surface area (Å²) in [5.74, 6) is 1.70. The SMILES string of the molecule is O=C(NCC1CC12CCN(C(=O)CC1CC1)CC2)c1cc2ccncc2o1. The number of amides is 2. The van der Waals surface area contributed by atoms with Crippen molar-refractivity contribution in [2.24, 2.45) is 17.3 Å².